The van der Waals surface area contributed by atoms with E-state index >= 15 is 0 Å². The number of nitrogens with zero attached hydrogens (tertiary/aromatic N) is 1. The van der Waals surface area contributed by atoms with Crippen molar-refractivity contribution in [2.24, 2.45) is 5.92 Å². The minimum atomic E-state index is -0.710. The largest absolute Gasteiger partial charge is 0.384 e. The van der Waals surface area contributed by atoms with Crippen LogP contribution in [0.3, 0.4) is 0 Å². The van der Waals surface area contributed by atoms with Gasteiger partial charge in [-0.2, -0.15) is 17.0 Å². The van der Waals surface area contributed by atoms with Crippen molar-refractivity contribution >= 4 is 11.8 Å². The van der Waals surface area contributed by atoms with Crippen LogP contribution < -0.4 is 0 Å². The zero-order valence-electron chi connectivity index (χ0n) is 8.60. The van der Waals surface area contributed by atoms with Crippen LogP contribution in [0.5, 0.6) is 0 Å². The van der Waals surface area contributed by atoms with E-state index in [4.69, 9.17) is 5.26 Å². The first-order valence-corrected chi connectivity index (χ1v) is 6.13. The normalized spacial score (nSPS) is 30.1. The molecule has 2 nitrogen and oxygen atoms in total. The van der Waals surface area contributed by atoms with Gasteiger partial charge in [0.2, 0.25) is 0 Å². The quantitative estimate of drug-likeness (QED) is 0.787. The van der Waals surface area contributed by atoms with Gasteiger partial charge in [-0.3, -0.25) is 0 Å². The molecule has 1 aliphatic heterocycles. The molecule has 1 aromatic carbocycles. The number of benzene rings is 1. The van der Waals surface area contributed by atoms with Crippen LogP contribution in [0.25, 0.3) is 0 Å². The lowest BCUT2D eigenvalue weighted by atomic mass is 9.85. The number of rotatable bonds is 1. The molecule has 0 saturated carbocycles. The molecule has 1 heterocycles. The van der Waals surface area contributed by atoms with Crippen molar-refractivity contribution in [2.75, 3.05) is 11.5 Å². The Morgan fingerprint density at radius 3 is 2.60 bits per heavy atom. The molecule has 1 aliphatic rings. The van der Waals surface area contributed by atoms with Crippen LogP contribution in [0.4, 0.5) is 0 Å². The molecule has 1 N–H and O–H groups in total. The second-order valence-electron chi connectivity index (χ2n) is 4.03. The van der Waals surface area contributed by atoms with E-state index < -0.39 is 5.60 Å². The Kier molecular flexibility index (Phi) is 2.72. The Balaban J connectivity index is 2.33. The maximum absolute atomic E-state index is 10.5. The summed E-state index contributed by atoms with van der Waals surface area (Å²) < 4.78 is 0. The molecule has 0 spiro atoms. The molecule has 3 heteroatoms. The predicted octanol–water partition coefficient (Wildman–Crippen LogP) is 2.13. The summed E-state index contributed by atoms with van der Waals surface area (Å²) in [6, 6.07) is 9.34. The van der Waals surface area contributed by atoms with Crippen molar-refractivity contribution in [3.63, 3.8) is 0 Å². The van der Waals surface area contributed by atoms with Gasteiger partial charge in [-0.25, -0.2) is 0 Å². The Morgan fingerprint density at radius 2 is 2.13 bits per heavy atom. The summed E-state index contributed by atoms with van der Waals surface area (Å²) in [5.74, 6) is 2.02. The van der Waals surface area contributed by atoms with E-state index in [1.807, 2.05) is 12.1 Å². The zero-order chi connectivity index (χ0) is 10.9. The van der Waals surface area contributed by atoms with E-state index in [0.717, 1.165) is 17.1 Å². The first-order chi connectivity index (χ1) is 7.16. The lowest BCUT2D eigenvalue weighted by Crippen LogP contribution is -2.32. The van der Waals surface area contributed by atoms with Crippen LogP contribution in [0.15, 0.2) is 24.3 Å². The van der Waals surface area contributed by atoms with Crippen molar-refractivity contribution < 1.29 is 5.11 Å². The van der Waals surface area contributed by atoms with Crippen LogP contribution in [-0.2, 0) is 5.60 Å². The van der Waals surface area contributed by atoms with Gasteiger partial charge in [0.1, 0.15) is 5.60 Å². The van der Waals surface area contributed by atoms with Crippen molar-refractivity contribution in [3.05, 3.63) is 35.4 Å². The van der Waals surface area contributed by atoms with Crippen LogP contribution in [0.2, 0.25) is 0 Å². The lowest BCUT2D eigenvalue weighted by molar-refractivity contribution is 0.0234. The average Bonchev–Trinajstić information content (AvgIpc) is 2.61. The van der Waals surface area contributed by atoms with E-state index in [0.29, 0.717) is 5.56 Å². The summed E-state index contributed by atoms with van der Waals surface area (Å²) in [5.41, 5.74) is 0.859. The molecule has 0 radical (unpaired) electrons. The highest BCUT2D eigenvalue weighted by atomic mass is 32.2. The summed E-state index contributed by atoms with van der Waals surface area (Å²) in [5, 5.41) is 19.2. The standard InChI is InChI=1S/C12H13NOS/c1-9-7-15-8-12(9,14)11-4-2-10(6-13)3-5-11/h2-5,9,14H,7-8H2,1H3/t9-,12-/m1/s1. The Morgan fingerprint density at radius 1 is 1.47 bits per heavy atom. The Labute approximate surface area is 93.9 Å². The molecule has 15 heavy (non-hydrogen) atoms. The van der Waals surface area contributed by atoms with E-state index in [2.05, 4.69) is 13.0 Å². The fraction of sp³-hybridized carbons (Fsp3) is 0.417. The molecule has 1 aromatic rings. The minimum Gasteiger partial charge on any atom is -0.384 e. The highest BCUT2D eigenvalue weighted by Crippen LogP contribution is 2.41. The number of aliphatic hydroxyl groups is 1. The highest BCUT2D eigenvalue weighted by molar-refractivity contribution is 7.99. The van der Waals surface area contributed by atoms with Gasteiger partial charge in [-0.1, -0.05) is 19.1 Å². The third kappa shape index (κ3) is 1.75. The second-order valence-corrected chi connectivity index (χ2v) is 5.06. The highest BCUT2D eigenvalue weighted by Gasteiger charge is 2.40. The molecule has 0 amide bonds. The van der Waals surface area contributed by atoms with Crippen molar-refractivity contribution in [1.29, 1.82) is 5.26 Å². The molecule has 78 valence electrons. The van der Waals surface area contributed by atoms with Gasteiger partial charge in [-0.05, 0) is 29.4 Å². The summed E-state index contributed by atoms with van der Waals surface area (Å²) in [7, 11) is 0. The summed E-state index contributed by atoms with van der Waals surface area (Å²) >= 11 is 1.78. The van der Waals surface area contributed by atoms with E-state index in [1.54, 1.807) is 23.9 Å². The maximum atomic E-state index is 10.5. The molecular formula is C12H13NOS. The number of hydrogen-bond acceptors (Lipinski definition) is 3. The fourth-order valence-corrected chi connectivity index (χ4v) is 3.38. The van der Waals surface area contributed by atoms with Crippen molar-refractivity contribution in [2.45, 2.75) is 12.5 Å². The van der Waals surface area contributed by atoms with Crippen LogP contribution in [0.1, 0.15) is 18.1 Å². The average molecular weight is 219 g/mol. The predicted molar refractivity (Wildman–Crippen MR) is 61.5 cm³/mol. The summed E-state index contributed by atoms with van der Waals surface area (Å²) in [4.78, 5) is 0. The first kappa shape index (κ1) is 10.5. The third-order valence-electron chi connectivity index (χ3n) is 3.02. The molecule has 1 fully saturated rings. The SMILES string of the molecule is C[C@@H]1CSC[C@]1(O)c1ccc(C#N)cc1. The molecule has 0 aliphatic carbocycles. The minimum absolute atomic E-state index is 0.274. The van der Waals surface area contributed by atoms with E-state index in [-0.39, 0.29) is 5.92 Å². The van der Waals surface area contributed by atoms with Crippen LogP contribution in [-0.4, -0.2) is 16.6 Å². The Hall–Kier alpha value is -0.980. The number of nitriles is 1. The molecule has 2 rings (SSSR count). The smallest absolute Gasteiger partial charge is 0.102 e. The van der Waals surface area contributed by atoms with Gasteiger partial charge in [0.25, 0.3) is 0 Å². The lowest BCUT2D eigenvalue weighted by Gasteiger charge is -2.27. The molecule has 1 saturated heterocycles. The second kappa shape index (κ2) is 3.88. The van der Waals surface area contributed by atoms with Crippen LogP contribution >= 0.6 is 11.8 Å². The van der Waals surface area contributed by atoms with Gasteiger partial charge >= 0.3 is 0 Å². The first-order valence-electron chi connectivity index (χ1n) is 4.97. The number of thioether (sulfide) groups is 1. The molecular weight excluding hydrogens is 206 g/mol. The van der Waals surface area contributed by atoms with Gasteiger partial charge < -0.3 is 5.11 Å². The van der Waals surface area contributed by atoms with Gasteiger partial charge in [0.05, 0.1) is 11.6 Å². The van der Waals surface area contributed by atoms with E-state index in [9.17, 15) is 5.11 Å². The summed E-state index contributed by atoms with van der Waals surface area (Å²) in [6.45, 7) is 2.07. The fourth-order valence-electron chi connectivity index (χ4n) is 1.87. The maximum Gasteiger partial charge on any atom is 0.102 e. The monoisotopic (exact) mass is 219 g/mol. The third-order valence-corrected chi connectivity index (χ3v) is 4.40. The van der Waals surface area contributed by atoms with Crippen molar-refractivity contribution in [1.82, 2.24) is 0 Å². The molecule has 0 unspecified atom stereocenters. The summed E-state index contributed by atoms with van der Waals surface area (Å²) in [6.07, 6.45) is 0. The topological polar surface area (TPSA) is 44.0 Å². The molecule has 0 bridgehead atoms. The molecule has 2 atom stereocenters. The van der Waals surface area contributed by atoms with Crippen molar-refractivity contribution in [3.8, 4) is 6.07 Å². The zero-order valence-corrected chi connectivity index (χ0v) is 9.42. The Bertz CT molecular complexity index is 395. The van der Waals surface area contributed by atoms with Gasteiger partial charge in [0.15, 0.2) is 0 Å². The number of hydrogen-bond donors (Lipinski definition) is 1. The molecule has 0 aromatic heterocycles. The van der Waals surface area contributed by atoms with Gasteiger partial charge in [0, 0.05) is 5.75 Å². The van der Waals surface area contributed by atoms with Gasteiger partial charge in [-0.15, -0.1) is 0 Å². The van der Waals surface area contributed by atoms with Crippen LogP contribution in [0, 0.1) is 17.2 Å². The van der Waals surface area contributed by atoms with E-state index in [1.165, 1.54) is 0 Å².